The lowest BCUT2D eigenvalue weighted by Gasteiger charge is -2.12. The monoisotopic (exact) mass is 274 g/mol. The summed E-state index contributed by atoms with van der Waals surface area (Å²) in [5, 5.41) is 14.1. The number of thiophene rings is 1. The van der Waals surface area contributed by atoms with E-state index in [1.54, 1.807) is 11.3 Å². The van der Waals surface area contributed by atoms with Crippen molar-refractivity contribution >= 4 is 21.4 Å². The van der Waals surface area contributed by atoms with Gasteiger partial charge in [-0.3, -0.25) is 0 Å². The summed E-state index contributed by atoms with van der Waals surface area (Å²) in [4.78, 5) is 0. The number of rotatable bonds is 3. The molecule has 1 heterocycles. The van der Waals surface area contributed by atoms with Crippen molar-refractivity contribution in [2.24, 2.45) is 16.7 Å². The van der Waals surface area contributed by atoms with E-state index in [1.807, 2.05) is 0 Å². The average molecular weight is 274 g/mol. The van der Waals surface area contributed by atoms with Crippen molar-refractivity contribution in [3.63, 3.8) is 0 Å². The third-order valence-electron chi connectivity index (χ3n) is 5.51. The van der Waals surface area contributed by atoms with Crippen LogP contribution in [0.5, 0.6) is 0 Å². The standard InChI is InChI=1S/C17H22OS/c1-16(2)15(17(16,3)4)13(18)9-11-10-19-14-8-6-5-7-12(11)14/h5-8,10,13,15,18H,9H2,1-4H3. The first kappa shape index (κ1) is 13.1. The van der Waals surface area contributed by atoms with Crippen LogP contribution in [-0.2, 0) is 6.42 Å². The topological polar surface area (TPSA) is 20.2 Å². The van der Waals surface area contributed by atoms with Crippen LogP contribution in [0.2, 0.25) is 0 Å². The number of aliphatic hydroxyl groups excluding tert-OH is 1. The lowest BCUT2D eigenvalue weighted by molar-refractivity contribution is 0.130. The van der Waals surface area contributed by atoms with Gasteiger partial charge in [0.25, 0.3) is 0 Å². The summed E-state index contributed by atoms with van der Waals surface area (Å²) in [6.45, 7) is 9.08. The molecule has 19 heavy (non-hydrogen) atoms. The third-order valence-corrected chi connectivity index (χ3v) is 6.52. The molecule has 1 saturated carbocycles. The van der Waals surface area contributed by atoms with Gasteiger partial charge in [0, 0.05) is 11.1 Å². The smallest absolute Gasteiger partial charge is 0.0619 e. The molecule has 1 aliphatic rings. The molecule has 2 heteroatoms. The molecule has 0 bridgehead atoms. The third kappa shape index (κ3) is 1.85. The molecule has 1 fully saturated rings. The maximum atomic E-state index is 10.6. The Labute approximate surface area is 119 Å². The van der Waals surface area contributed by atoms with Gasteiger partial charge in [0.15, 0.2) is 0 Å². The molecule has 1 unspecified atom stereocenters. The summed E-state index contributed by atoms with van der Waals surface area (Å²) in [5.74, 6) is 0.402. The van der Waals surface area contributed by atoms with E-state index in [2.05, 4.69) is 57.3 Å². The fraction of sp³-hybridized carbons (Fsp3) is 0.529. The zero-order chi connectivity index (χ0) is 13.8. The second kappa shape index (κ2) is 4.07. The molecular formula is C17H22OS. The average Bonchev–Trinajstić information content (AvgIpc) is 2.64. The summed E-state index contributed by atoms with van der Waals surface area (Å²) >= 11 is 1.78. The van der Waals surface area contributed by atoms with Crippen LogP contribution < -0.4 is 0 Å². The predicted octanol–water partition coefficient (Wildman–Crippen LogP) is 4.49. The zero-order valence-corrected chi connectivity index (χ0v) is 12.9. The van der Waals surface area contributed by atoms with Gasteiger partial charge >= 0.3 is 0 Å². The first-order chi connectivity index (χ1) is 8.85. The van der Waals surface area contributed by atoms with Crippen LogP contribution in [0.25, 0.3) is 10.1 Å². The van der Waals surface area contributed by atoms with Crippen molar-refractivity contribution < 1.29 is 5.11 Å². The van der Waals surface area contributed by atoms with Crippen LogP contribution in [0.1, 0.15) is 33.3 Å². The quantitative estimate of drug-likeness (QED) is 0.874. The first-order valence-corrected chi connectivity index (χ1v) is 7.87. The highest BCUT2D eigenvalue weighted by Crippen LogP contribution is 2.69. The van der Waals surface area contributed by atoms with E-state index in [-0.39, 0.29) is 16.9 Å². The Balaban J connectivity index is 1.83. The van der Waals surface area contributed by atoms with E-state index in [4.69, 9.17) is 0 Å². The van der Waals surface area contributed by atoms with Crippen LogP contribution in [0.4, 0.5) is 0 Å². The molecule has 1 atom stereocenters. The normalized spacial score (nSPS) is 22.6. The molecule has 102 valence electrons. The highest BCUT2D eigenvalue weighted by atomic mass is 32.1. The van der Waals surface area contributed by atoms with Crippen LogP contribution in [-0.4, -0.2) is 11.2 Å². The van der Waals surface area contributed by atoms with Gasteiger partial charge in [-0.1, -0.05) is 45.9 Å². The molecule has 0 saturated heterocycles. The summed E-state index contributed by atoms with van der Waals surface area (Å²) < 4.78 is 1.32. The number of benzene rings is 1. The van der Waals surface area contributed by atoms with Crippen molar-refractivity contribution in [2.45, 2.75) is 40.2 Å². The van der Waals surface area contributed by atoms with Crippen LogP contribution in [0.15, 0.2) is 29.6 Å². The molecule has 0 spiro atoms. The minimum Gasteiger partial charge on any atom is -0.392 e. The maximum absolute atomic E-state index is 10.6. The number of hydrogen-bond acceptors (Lipinski definition) is 2. The fourth-order valence-electron chi connectivity index (χ4n) is 3.74. The molecule has 0 aliphatic heterocycles. The summed E-state index contributed by atoms with van der Waals surface area (Å²) in [6, 6.07) is 8.47. The second-order valence-electron chi connectivity index (χ2n) is 6.95. The van der Waals surface area contributed by atoms with Crippen molar-refractivity contribution in [1.82, 2.24) is 0 Å². The van der Waals surface area contributed by atoms with Gasteiger partial charge in [-0.2, -0.15) is 0 Å². The molecule has 0 radical (unpaired) electrons. The lowest BCUT2D eigenvalue weighted by Crippen LogP contribution is -2.17. The van der Waals surface area contributed by atoms with E-state index in [0.29, 0.717) is 5.92 Å². The minimum atomic E-state index is -0.233. The first-order valence-electron chi connectivity index (χ1n) is 6.99. The van der Waals surface area contributed by atoms with Gasteiger partial charge in [0.05, 0.1) is 6.10 Å². The molecule has 1 nitrogen and oxygen atoms in total. The van der Waals surface area contributed by atoms with Crippen LogP contribution in [0.3, 0.4) is 0 Å². The summed E-state index contributed by atoms with van der Waals surface area (Å²) in [7, 11) is 0. The molecule has 1 aromatic heterocycles. The maximum Gasteiger partial charge on any atom is 0.0619 e. The van der Waals surface area contributed by atoms with Gasteiger partial charge in [-0.15, -0.1) is 11.3 Å². The van der Waals surface area contributed by atoms with Gasteiger partial charge in [0.1, 0.15) is 0 Å². The molecule has 2 aromatic rings. The van der Waals surface area contributed by atoms with E-state index in [1.165, 1.54) is 15.6 Å². The second-order valence-corrected chi connectivity index (χ2v) is 7.86. The highest BCUT2D eigenvalue weighted by Gasteiger charge is 2.66. The summed E-state index contributed by atoms with van der Waals surface area (Å²) in [6.07, 6.45) is 0.546. The van der Waals surface area contributed by atoms with Crippen molar-refractivity contribution in [3.05, 3.63) is 35.2 Å². The van der Waals surface area contributed by atoms with Crippen molar-refractivity contribution in [2.75, 3.05) is 0 Å². The Hall–Kier alpha value is -0.860. The number of fused-ring (bicyclic) bond motifs is 1. The fourth-order valence-corrected chi connectivity index (χ4v) is 4.72. The Kier molecular flexibility index (Phi) is 2.81. The Bertz CT molecular complexity index is 595. The van der Waals surface area contributed by atoms with E-state index >= 15 is 0 Å². The zero-order valence-electron chi connectivity index (χ0n) is 12.1. The summed E-state index contributed by atoms with van der Waals surface area (Å²) in [5.41, 5.74) is 1.79. The molecule has 0 amide bonds. The van der Waals surface area contributed by atoms with Gasteiger partial charge in [0.2, 0.25) is 0 Å². The Morgan fingerprint density at radius 3 is 2.42 bits per heavy atom. The van der Waals surface area contributed by atoms with Gasteiger partial charge in [-0.25, -0.2) is 0 Å². The van der Waals surface area contributed by atoms with Crippen LogP contribution in [0, 0.1) is 16.7 Å². The largest absolute Gasteiger partial charge is 0.392 e. The number of aliphatic hydroxyl groups is 1. The Morgan fingerprint density at radius 2 is 1.79 bits per heavy atom. The molecular weight excluding hydrogens is 252 g/mol. The van der Waals surface area contributed by atoms with Gasteiger partial charge < -0.3 is 5.11 Å². The number of hydrogen-bond donors (Lipinski definition) is 1. The Morgan fingerprint density at radius 1 is 1.16 bits per heavy atom. The SMILES string of the molecule is CC1(C)C(C(O)Cc2csc3ccccc23)C1(C)C. The lowest BCUT2D eigenvalue weighted by atomic mass is 9.99. The van der Waals surface area contributed by atoms with E-state index in [0.717, 1.165) is 6.42 Å². The molecule has 1 aromatic carbocycles. The van der Waals surface area contributed by atoms with Crippen molar-refractivity contribution in [1.29, 1.82) is 0 Å². The molecule has 1 aliphatic carbocycles. The predicted molar refractivity (Wildman–Crippen MR) is 82.6 cm³/mol. The highest BCUT2D eigenvalue weighted by molar-refractivity contribution is 7.17. The van der Waals surface area contributed by atoms with Crippen LogP contribution >= 0.6 is 11.3 Å². The minimum absolute atomic E-state index is 0.233. The molecule has 1 N–H and O–H groups in total. The van der Waals surface area contributed by atoms with Crippen molar-refractivity contribution in [3.8, 4) is 0 Å². The van der Waals surface area contributed by atoms with E-state index in [9.17, 15) is 5.11 Å². The van der Waals surface area contributed by atoms with E-state index < -0.39 is 0 Å². The molecule has 3 rings (SSSR count). The van der Waals surface area contributed by atoms with Gasteiger partial charge in [-0.05, 0) is 39.1 Å².